The molecule has 1 aromatic rings. The van der Waals surface area contributed by atoms with Gasteiger partial charge >= 0.3 is 0 Å². The van der Waals surface area contributed by atoms with Crippen LogP contribution in [0.15, 0.2) is 52.6 Å². The lowest BCUT2D eigenvalue weighted by molar-refractivity contribution is -0.126. The van der Waals surface area contributed by atoms with Crippen molar-refractivity contribution in [2.45, 2.75) is 25.7 Å². The Morgan fingerprint density at radius 2 is 1.87 bits per heavy atom. The minimum absolute atomic E-state index is 0.107. The minimum atomic E-state index is -0.686. The summed E-state index contributed by atoms with van der Waals surface area (Å²) < 4.78 is 5.26. The Labute approximate surface area is 178 Å². The van der Waals surface area contributed by atoms with Crippen LogP contribution in [-0.4, -0.2) is 35.6 Å². The molecule has 0 saturated carbocycles. The van der Waals surface area contributed by atoms with Crippen molar-refractivity contribution in [3.05, 3.63) is 58.2 Å². The van der Waals surface area contributed by atoms with Crippen LogP contribution in [0, 0.1) is 17.8 Å². The summed E-state index contributed by atoms with van der Waals surface area (Å²) in [6, 6.07) is 5.03. The number of phenolic OH excluding ortho intramolecular Hbond substituents is 1. The van der Waals surface area contributed by atoms with Crippen molar-refractivity contribution in [2.75, 3.05) is 7.11 Å². The van der Waals surface area contributed by atoms with E-state index in [0.29, 0.717) is 28.7 Å². The molecule has 0 radical (unpaired) electrons. The van der Waals surface area contributed by atoms with E-state index in [4.69, 9.17) is 4.74 Å². The van der Waals surface area contributed by atoms with Crippen molar-refractivity contribution in [1.82, 2.24) is 5.32 Å². The second kappa shape index (κ2) is 6.77. The Balaban J connectivity index is 1.75. The highest BCUT2D eigenvalue weighted by Crippen LogP contribution is 2.55. The number of ether oxygens (including phenoxy) is 1. The number of hydrogen-bond donors (Lipinski definition) is 2. The normalized spacial score (nSPS) is 29.6. The zero-order valence-electron chi connectivity index (χ0n) is 17.1. The van der Waals surface area contributed by atoms with Crippen molar-refractivity contribution in [3.8, 4) is 11.5 Å². The molecule has 3 aliphatic carbocycles. The third-order valence-electron chi connectivity index (χ3n) is 6.97. The third kappa shape index (κ3) is 2.65. The highest BCUT2D eigenvalue weighted by Gasteiger charge is 2.53. The van der Waals surface area contributed by atoms with Gasteiger partial charge in [-0.05, 0) is 37.8 Å². The van der Waals surface area contributed by atoms with E-state index in [0.717, 1.165) is 5.57 Å². The van der Waals surface area contributed by atoms with Gasteiger partial charge in [-0.1, -0.05) is 23.8 Å². The molecule has 1 heterocycles. The molecule has 0 bridgehead atoms. The first-order valence-electron chi connectivity index (χ1n) is 10.2. The van der Waals surface area contributed by atoms with Gasteiger partial charge in [-0.25, -0.2) is 0 Å². The molecular weight excluding hydrogens is 398 g/mol. The monoisotopic (exact) mass is 419 g/mol. The first-order valence-corrected chi connectivity index (χ1v) is 10.2. The lowest BCUT2D eigenvalue weighted by Crippen LogP contribution is -2.39. The first kappa shape index (κ1) is 19.5. The summed E-state index contributed by atoms with van der Waals surface area (Å²) in [6.45, 7) is 1.60. The molecule has 1 saturated heterocycles. The largest absolute Gasteiger partial charge is 0.504 e. The number of nitrogens with one attached hydrogen (secondary N) is 1. The number of rotatable bonds is 2. The van der Waals surface area contributed by atoms with Crippen molar-refractivity contribution in [1.29, 1.82) is 0 Å². The van der Waals surface area contributed by atoms with E-state index < -0.39 is 23.7 Å². The third-order valence-corrected chi connectivity index (χ3v) is 6.97. The number of Topliss-reactive ketones (excluding diaryl/α,β-unsaturated/α-hetero) is 1. The smallest absolute Gasteiger partial charge is 0.231 e. The number of para-hydroxylation sites is 1. The van der Waals surface area contributed by atoms with Crippen LogP contribution in [0.2, 0.25) is 0 Å². The molecule has 1 aliphatic heterocycles. The van der Waals surface area contributed by atoms with Crippen LogP contribution < -0.4 is 10.1 Å². The molecule has 1 fully saturated rings. The first-order chi connectivity index (χ1) is 14.8. The van der Waals surface area contributed by atoms with Gasteiger partial charge in [0.25, 0.3) is 0 Å². The number of hydrogen-bond acceptors (Lipinski definition) is 6. The van der Waals surface area contributed by atoms with Gasteiger partial charge in [0.05, 0.1) is 18.9 Å². The number of aromatic hydroxyl groups is 1. The van der Waals surface area contributed by atoms with Gasteiger partial charge in [0.2, 0.25) is 11.8 Å². The number of allylic oxidation sites excluding steroid dienone is 6. The maximum atomic E-state index is 13.1. The molecule has 0 spiro atoms. The second-order valence-corrected chi connectivity index (χ2v) is 8.48. The Bertz CT molecular complexity index is 1170. The minimum Gasteiger partial charge on any atom is -0.504 e. The average Bonchev–Trinajstić information content (AvgIpc) is 3.04. The number of benzene rings is 1. The van der Waals surface area contributed by atoms with Gasteiger partial charge in [0.15, 0.2) is 23.1 Å². The van der Waals surface area contributed by atoms with Gasteiger partial charge in [-0.15, -0.1) is 0 Å². The molecule has 7 heteroatoms. The van der Waals surface area contributed by atoms with Gasteiger partial charge in [-0.2, -0.15) is 0 Å². The van der Waals surface area contributed by atoms with E-state index in [1.807, 2.05) is 6.08 Å². The van der Waals surface area contributed by atoms with Gasteiger partial charge in [0, 0.05) is 28.2 Å². The topological polar surface area (TPSA) is 110 Å². The summed E-state index contributed by atoms with van der Waals surface area (Å²) in [5.41, 5.74) is 2.30. The van der Waals surface area contributed by atoms with E-state index in [1.165, 1.54) is 13.2 Å². The summed E-state index contributed by atoms with van der Waals surface area (Å²) in [7, 11) is 1.44. The average molecular weight is 419 g/mol. The lowest BCUT2D eigenvalue weighted by atomic mass is 9.59. The molecule has 5 rings (SSSR count). The van der Waals surface area contributed by atoms with E-state index in [-0.39, 0.29) is 41.3 Å². The highest BCUT2D eigenvalue weighted by molar-refractivity contribution is 6.23. The number of ketones is 2. The summed E-state index contributed by atoms with van der Waals surface area (Å²) in [4.78, 5) is 51.1. The fourth-order valence-electron chi connectivity index (χ4n) is 5.59. The number of carbonyl (C=O) groups excluding carboxylic acids is 4. The van der Waals surface area contributed by atoms with E-state index in [2.05, 4.69) is 5.32 Å². The van der Waals surface area contributed by atoms with Crippen molar-refractivity contribution >= 4 is 23.4 Å². The maximum absolute atomic E-state index is 13.1. The second-order valence-electron chi connectivity index (χ2n) is 8.48. The SMILES string of the molecule is COc1cccc([C@H]2C3=CC[C@@H]4C(=O)NC(=O)[C@@H]4[C@@H]3CC3=C2C(=O)C=C(C)C3=O)c1O. The Kier molecular flexibility index (Phi) is 4.25. The molecule has 0 aromatic heterocycles. The highest BCUT2D eigenvalue weighted by atomic mass is 16.5. The Morgan fingerprint density at radius 3 is 2.61 bits per heavy atom. The van der Waals surface area contributed by atoms with Gasteiger partial charge in [-0.3, -0.25) is 24.5 Å². The Morgan fingerprint density at radius 1 is 1.10 bits per heavy atom. The zero-order chi connectivity index (χ0) is 22.0. The van der Waals surface area contributed by atoms with E-state index in [9.17, 15) is 24.3 Å². The van der Waals surface area contributed by atoms with Crippen LogP contribution in [0.1, 0.15) is 31.2 Å². The number of methoxy groups -OCH3 is 1. The molecule has 2 amide bonds. The number of fused-ring (bicyclic) bond motifs is 3. The molecule has 7 nitrogen and oxygen atoms in total. The van der Waals surface area contributed by atoms with Crippen LogP contribution in [0.4, 0.5) is 0 Å². The van der Waals surface area contributed by atoms with Crippen LogP contribution in [0.5, 0.6) is 11.5 Å². The summed E-state index contributed by atoms with van der Waals surface area (Å²) in [5, 5.41) is 13.3. The van der Waals surface area contributed by atoms with Crippen molar-refractivity contribution < 1.29 is 29.0 Å². The molecule has 31 heavy (non-hydrogen) atoms. The van der Waals surface area contributed by atoms with Crippen LogP contribution >= 0.6 is 0 Å². The summed E-state index contributed by atoms with van der Waals surface area (Å²) >= 11 is 0. The molecule has 4 atom stereocenters. The number of carbonyl (C=O) groups is 4. The van der Waals surface area contributed by atoms with Crippen LogP contribution in [0.3, 0.4) is 0 Å². The predicted molar refractivity (Wildman–Crippen MR) is 109 cm³/mol. The van der Waals surface area contributed by atoms with E-state index >= 15 is 0 Å². The molecule has 1 aromatic carbocycles. The standard InChI is InChI=1S/C24H21NO6/c1-10-8-16(26)20-15(21(10)27)9-14-11(6-7-13-19(14)24(30)25-23(13)29)18(20)12-4-3-5-17(31-2)22(12)28/h3-6,8,13-14,18-19,28H,7,9H2,1-2H3,(H,25,29,30)/t13-,14+,18+,19-/m0/s1. The molecule has 4 aliphatic rings. The maximum Gasteiger partial charge on any atom is 0.231 e. The quantitative estimate of drug-likeness (QED) is 0.432. The van der Waals surface area contributed by atoms with Crippen molar-refractivity contribution in [2.24, 2.45) is 17.8 Å². The predicted octanol–water partition coefficient (Wildman–Crippen LogP) is 2.12. The lowest BCUT2D eigenvalue weighted by Gasteiger charge is -2.42. The summed E-state index contributed by atoms with van der Waals surface area (Å²) in [6.07, 6.45) is 3.83. The molecule has 0 unspecified atom stereocenters. The summed E-state index contributed by atoms with van der Waals surface area (Å²) in [5.74, 6) is -3.15. The fourth-order valence-corrected chi connectivity index (χ4v) is 5.59. The van der Waals surface area contributed by atoms with Crippen molar-refractivity contribution in [3.63, 3.8) is 0 Å². The molecule has 158 valence electrons. The number of phenols is 1. The molecule has 2 N–H and O–H groups in total. The van der Waals surface area contributed by atoms with E-state index in [1.54, 1.807) is 25.1 Å². The zero-order valence-corrected chi connectivity index (χ0v) is 17.1. The molecular formula is C24H21NO6. The van der Waals surface area contributed by atoms with Gasteiger partial charge < -0.3 is 9.84 Å². The number of imide groups is 1. The Hall–Kier alpha value is -3.48. The fraction of sp³-hybridized carbons (Fsp3) is 0.333. The number of amides is 2. The van der Waals surface area contributed by atoms with Crippen LogP contribution in [0.25, 0.3) is 0 Å². The van der Waals surface area contributed by atoms with Crippen LogP contribution in [-0.2, 0) is 19.2 Å². The van der Waals surface area contributed by atoms with Gasteiger partial charge in [0.1, 0.15) is 0 Å².